The number of aromatic carboxylic acids is 1. The van der Waals surface area contributed by atoms with E-state index in [9.17, 15) is 4.79 Å². The van der Waals surface area contributed by atoms with Crippen LogP contribution in [0.4, 0.5) is 0 Å². The summed E-state index contributed by atoms with van der Waals surface area (Å²) in [6.45, 7) is 1.86. The summed E-state index contributed by atoms with van der Waals surface area (Å²) >= 11 is 3.21. The number of rotatable bonds is 1. The zero-order valence-electron chi connectivity index (χ0n) is 7.36. The monoisotopic (exact) mass is 254 g/mol. The normalized spacial score (nSPS) is 10.7. The Labute approximate surface area is 88.3 Å². The molecule has 5 heteroatoms. The van der Waals surface area contributed by atoms with Crippen LogP contribution in [0.15, 0.2) is 23.1 Å². The minimum absolute atomic E-state index is 0.0787. The highest BCUT2D eigenvalue weighted by atomic mass is 79.9. The van der Waals surface area contributed by atoms with Crippen LogP contribution >= 0.6 is 15.9 Å². The molecule has 0 aliphatic carbocycles. The molecule has 0 aliphatic heterocycles. The first-order chi connectivity index (χ1) is 6.61. The number of aromatic nitrogens is 2. The lowest BCUT2D eigenvalue weighted by Gasteiger charge is -1.98. The van der Waals surface area contributed by atoms with Gasteiger partial charge in [0, 0.05) is 6.20 Å². The van der Waals surface area contributed by atoms with Gasteiger partial charge in [-0.15, -0.1) is 0 Å². The fourth-order valence-electron chi connectivity index (χ4n) is 1.42. The van der Waals surface area contributed by atoms with Crippen LogP contribution < -0.4 is 0 Å². The standard InChI is InChI=1S/C9H7BrN2O2/c1-5-3-2-4-12-7(5)6(8(13)14)11-9(12)10/h2-4H,1H3,(H,13,14). The van der Waals surface area contributed by atoms with Crippen molar-refractivity contribution in [2.24, 2.45) is 0 Å². The molecule has 0 unspecified atom stereocenters. The highest BCUT2D eigenvalue weighted by molar-refractivity contribution is 9.10. The predicted octanol–water partition coefficient (Wildman–Crippen LogP) is 2.10. The zero-order valence-corrected chi connectivity index (χ0v) is 8.95. The average molecular weight is 255 g/mol. The molecule has 0 bridgehead atoms. The molecular formula is C9H7BrN2O2. The Bertz CT molecular complexity index is 519. The molecule has 0 fully saturated rings. The third kappa shape index (κ3) is 1.21. The number of hydrogen-bond acceptors (Lipinski definition) is 2. The van der Waals surface area contributed by atoms with Crippen molar-refractivity contribution in [2.75, 3.05) is 0 Å². The van der Waals surface area contributed by atoms with Gasteiger partial charge in [0.1, 0.15) is 0 Å². The maximum Gasteiger partial charge on any atom is 0.356 e. The molecule has 0 saturated heterocycles. The van der Waals surface area contributed by atoms with Crippen LogP contribution in [-0.4, -0.2) is 20.5 Å². The van der Waals surface area contributed by atoms with E-state index in [0.29, 0.717) is 10.3 Å². The highest BCUT2D eigenvalue weighted by Gasteiger charge is 2.16. The van der Waals surface area contributed by atoms with Crippen molar-refractivity contribution in [3.63, 3.8) is 0 Å². The first kappa shape index (κ1) is 9.21. The van der Waals surface area contributed by atoms with Gasteiger partial charge in [-0.3, -0.25) is 4.40 Å². The minimum Gasteiger partial charge on any atom is -0.476 e. The van der Waals surface area contributed by atoms with Crippen LogP contribution in [0.5, 0.6) is 0 Å². The second kappa shape index (κ2) is 3.09. The number of carbonyl (C=O) groups is 1. The fraction of sp³-hybridized carbons (Fsp3) is 0.111. The molecule has 14 heavy (non-hydrogen) atoms. The van der Waals surface area contributed by atoms with Crippen molar-refractivity contribution < 1.29 is 9.90 Å². The average Bonchev–Trinajstić information content (AvgIpc) is 2.46. The quantitative estimate of drug-likeness (QED) is 0.848. The van der Waals surface area contributed by atoms with Gasteiger partial charge < -0.3 is 5.11 Å². The van der Waals surface area contributed by atoms with E-state index in [-0.39, 0.29) is 5.69 Å². The number of halogens is 1. The SMILES string of the molecule is Cc1cccn2c(Br)nc(C(=O)O)c12. The summed E-state index contributed by atoms with van der Waals surface area (Å²) in [6, 6.07) is 3.70. The van der Waals surface area contributed by atoms with Gasteiger partial charge in [0.25, 0.3) is 0 Å². The van der Waals surface area contributed by atoms with E-state index in [1.54, 1.807) is 10.6 Å². The van der Waals surface area contributed by atoms with Crippen LogP contribution in [-0.2, 0) is 0 Å². The number of carboxylic acid groups (broad SMARTS) is 1. The Kier molecular flexibility index (Phi) is 2.03. The van der Waals surface area contributed by atoms with Crippen molar-refractivity contribution in [2.45, 2.75) is 6.92 Å². The van der Waals surface area contributed by atoms with Gasteiger partial charge >= 0.3 is 5.97 Å². The van der Waals surface area contributed by atoms with Crippen molar-refractivity contribution in [3.8, 4) is 0 Å². The fourth-order valence-corrected chi connectivity index (χ4v) is 1.89. The summed E-state index contributed by atoms with van der Waals surface area (Å²) in [4.78, 5) is 14.8. The van der Waals surface area contributed by atoms with Gasteiger partial charge in [0.05, 0.1) is 5.52 Å². The number of fused-ring (bicyclic) bond motifs is 1. The highest BCUT2D eigenvalue weighted by Crippen LogP contribution is 2.20. The summed E-state index contributed by atoms with van der Waals surface area (Å²) in [5.74, 6) is -1.01. The van der Waals surface area contributed by atoms with Crippen LogP contribution in [0.1, 0.15) is 16.1 Å². The lowest BCUT2D eigenvalue weighted by Crippen LogP contribution is -1.98. The molecule has 0 atom stereocenters. The predicted molar refractivity (Wildman–Crippen MR) is 54.6 cm³/mol. The van der Waals surface area contributed by atoms with Crippen LogP contribution in [0.2, 0.25) is 0 Å². The largest absolute Gasteiger partial charge is 0.476 e. The number of carboxylic acids is 1. The smallest absolute Gasteiger partial charge is 0.356 e. The van der Waals surface area contributed by atoms with E-state index in [1.807, 2.05) is 19.1 Å². The molecule has 0 saturated carbocycles. The van der Waals surface area contributed by atoms with Crippen molar-refractivity contribution in [3.05, 3.63) is 34.3 Å². The topological polar surface area (TPSA) is 54.6 Å². The molecule has 72 valence electrons. The number of aryl methyl sites for hydroxylation is 1. The van der Waals surface area contributed by atoms with Crippen molar-refractivity contribution in [1.82, 2.24) is 9.38 Å². The molecule has 2 aromatic rings. The molecule has 2 heterocycles. The molecular weight excluding hydrogens is 248 g/mol. The number of nitrogens with zero attached hydrogens (tertiary/aromatic N) is 2. The molecule has 0 amide bonds. The van der Waals surface area contributed by atoms with Crippen LogP contribution in [0.3, 0.4) is 0 Å². The number of hydrogen-bond donors (Lipinski definition) is 1. The van der Waals surface area contributed by atoms with Crippen LogP contribution in [0, 0.1) is 6.92 Å². The molecule has 0 spiro atoms. The van der Waals surface area contributed by atoms with Gasteiger partial charge in [-0.2, -0.15) is 0 Å². The Morgan fingerprint density at radius 2 is 2.36 bits per heavy atom. The van der Waals surface area contributed by atoms with Gasteiger partial charge in [0.2, 0.25) is 0 Å². The Morgan fingerprint density at radius 3 is 3.00 bits per heavy atom. The second-order valence-electron chi connectivity index (χ2n) is 2.94. The Balaban J connectivity index is 2.93. The molecule has 0 aliphatic rings. The van der Waals surface area contributed by atoms with E-state index in [1.165, 1.54) is 0 Å². The first-order valence-electron chi connectivity index (χ1n) is 3.97. The molecule has 0 radical (unpaired) electrons. The van der Waals surface area contributed by atoms with E-state index >= 15 is 0 Å². The summed E-state index contributed by atoms with van der Waals surface area (Å²) in [5.41, 5.74) is 1.60. The summed E-state index contributed by atoms with van der Waals surface area (Å²) < 4.78 is 2.22. The van der Waals surface area contributed by atoms with E-state index < -0.39 is 5.97 Å². The lowest BCUT2D eigenvalue weighted by atomic mass is 10.2. The third-order valence-electron chi connectivity index (χ3n) is 2.03. The van der Waals surface area contributed by atoms with Crippen molar-refractivity contribution in [1.29, 1.82) is 0 Å². The maximum absolute atomic E-state index is 10.9. The maximum atomic E-state index is 10.9. The number of imidazole rings is 1. The number of pyridine rings is 1. The van der Waals surface area contributed by atoms with Gasteiger partial charge in [-0.1, -0.05) is 6.07 Å². The van der Waals surface area contributed by atoms with Crippen molar-refractivity contribution >= 4 is 27.4 Å². The van der Waals surface area contributed by atoms with E-state index in [0.717, 1.165) is 5.56 Å². The lowest BCUT2D eigenvalue weighted by molar-refractivity contribution is 0.0693. The Hall–Kier alpha value is -1.36. The molecule has 2 aromatic heterocycles. The minimum atomic E-state index is -1.01. The summed E-state index contributed by atoms with van der Waals surface area (Å²) in [7, 11) is 0. The third-order valence-corrected chi connectivity index (χ3v) is 2.58. The van der Waals surface area contributed by atoms with Gasteiger partial charge in [-0.25, -0.2) is 9.78 Å². The molecule has 4 nitrogen and oxygen atoms in total. The molecule has 2 rings (SSSR count). The van der Waals surface area contributed by atoms with E-state index in [4.69, 9.17) is 5.11 Å². The summed E-state index contributed by atoms with van der Waals surface area (Å²) in [6.07, 6.45) is 1.77. The first-order valence-corrected chi connectivity index (χ1v) is 4.77. The Morgan fingerprint density at radius 1 is 1.64 bits per heavy atom. The molecule has 1 N–H and O–H groups in total. The van der Waals surface area contributed by atoms with E-state index in [2.05, 4.69) is 20.9 Å². The summed E-state index contributed by atoms with van der Waals surface area (Å²) in [5, 5.41) is 8.92. The molecule has 0 aromatic carbocycles. The van der Waals surface area contributed by atoms with Gasteiger partial charge in [-0.05, 0) is 34.5 Å². The zero-order chi connectivity index (χ0) is 10.3. The second-order valence-corrected chi connectivity index (χ2v) is 3.65. The van der Waals surface area contributed by atoms with Gasteiger partial charge in [0.15, 0.2) is 10.4 Å². The van der Waals surface area contributed by atoms with Crippen LogP contribution in [0.25, 0.3) is 5.52 Å².